The van der Waals surface area contributed by atoms with E-state index in [0.29, 0.717) is 12.8 Å². The van der Waals surface area contributed by atoms with Crippen molar-refractivity contribution < 1.29 is 13.6 Å². The molecule has 6 heteroatoms. The summed E-state index contributed by atoms with van der Waals surface area (Å²) in [7, 11) is 0. The van der Waals surface area contributed by atoms with E-state index in [0.717, 1.165) is 12.1 Å². The van der Waals surface area contributed by atoms with E-state index in [4.69, 9.17) is 11.5 Å². The molecule has 0 bridgehead atoms. The molecule has 2 unspecified atom stereocenters. The van der Waals surface area contributed by atoms with Gasteiger partial charge in [0.05, 0.1) is 5.92 Å². The molecule has 19 heavy (non-hydrogen) atoms. The molecule has 1 heterocycles. The number of hydrogen-bond donors (Lipinski definition) is 2. The first-order valence-electron chi connectivity index (χ1n) is 6.20. The maximum atomic E-state index is 13.9. The van der Waals surface area contributed by atoms with Gasteiger partial charge in [0.1, 0.15) is 5.69 Å². The van der Waals surface area contributed by atoms with Gasteiger partial charge in [0.2, 0.25) is 5.91 Å². The molecule has 0 spiro atoms. The van der Waals surface area contributed by atoms with Crippen LogP contribution in [0.4, 0.5) is 20.2 Å². The van der Waals surface area contributed by atoms with Crippen molar-refractivity contribution in [3.63, 3.8) is 0 Å². The van der Waals surface area contributed by atoms with Gasteiger partial charge in [0, 0.05) is 18.3 Å². The number of halogens is 2. The molecule has 104 valence electrons. The van der Waals surface area contributed by atoms with Crippen molar-refractivity contribution in [2.24, 2.45) is 11.7 Å². The van der Waals surface area contributed by atoms with E-state index in [1.807, 2.05) is 6.92 Å². The molecule has 4 nitrogen and oxygen atoms in total. The summed E-state index contributed by atoms with van der Waals surface area (Å²) in [6.07, 6.45) is 1.31. The Morgan fingerprint density at radius 1 is 1.32 bits per heavy atom. The Kier molecular flexibility index (Phi) is 3.59. The molecule has 1 aliphatic heterocycles. The maximum Gasteiger partial charge on any atom is 0.222 e. The zero-order chi connectivity index (χ0) is 14.2. The zero-order valence-corrected chi connectivity index (χ0v) is 10.7. The Labute approximate surface area is 110 Å². The van der Waals surface area contributed by atoms with Gasteiger partial charge in [-0.05, 0) is 31.9 Å². The molecule has 4 N–H and O–H groups in total. The number of nitrogen functional groups attached to an aromatic ring is 1. The lowest BCUT2D eigenvalue weighted by molar-refractivity contribution is -0.122. The lowest BCUT2D eigenvalue weighted by Gasteiger charge is -2.38. The minimum Gasteiger partial charge on any atom is -0.399 e. The SMILES string of the molecule is CC1CCC(C(N)=O)CN1c1c(F)cc(N)cc1F. The Bertz CT molecular complexity index is 484. The molecule has 1 amide bonds. The van der Waals surface area contributed by atoms with Crippen LogP contribution in [0.15, 0.2) is 12.1 Å². The van der Waals surface area contributed by atoms with E-state index in [1.165, 1.54) is 0 Å². The highest BCUT2D eigenvalue weighted by molar-refractivity contribution is 5.77. The molecule has 0 aliphatic carbocycles. The van der Waals surface area contributed by atoms with Crippen molar-refractivity contribution >= 4 is 17.3 Å². The Balaban J connectivity index is 2.36. The number of anilines is 2. The quantitative estimate of drug-likeness (QED) is 0.802. The van der Waals surface area contributed by atoms with Crippen LogP contribution in [0, 0.1) is 17.6 Å². The molecular weight excluding hydrogens is 252 g/mol. The van der Waals surface area contributed by atoms with Gasteiger partial charge in [0.25, 0.3) is 0 Å². The summed E-state index contributed by atoms with van der Waals surface area (Å²) in [5.41, 5.74) is 10.6. The molecular formula is C13H17F2N3O. The molecule has 0 saturated carbocycles. The first kappa shape index (κ1) is 13.6. The molecule has 1 saturated heterocycles. The second-order valence-corrected chi connectivity index (χ2v) is 5.01. The predicted octanol–water partition coefficient (Wildman–Crippen LogP) is 1.64. The standard InChI is InChI=1S/C13H17F2N3O/c1-7-2-3-8(13(17)19)6-18(7)12-10(14)4-9(16)5-11(12)15/h4-5,7-8H,2-3,6,16H2,1H3,(H2,17,19). The van der Waals surface area contributed by atoms with Crippen molar-refractivity contribution in [2.45, 2.75) is 25.8 Å². The minimum absolute atomic E-state index is 0.0369. The van der Waals surface area contributed by atoms with Gasteiger partial charge in [0.15, 0.2) is 11.6 Å². The number of carbonyl (C=O) groups excluding carboxylic acids is 1. The summed E-state index contributed by atoms with van der Waals surface area (Å²) in [6.45, 7) is 2.10. The highest BCUT2D eigenvalue weighted by Crippen LogP contribution is 2.32. The Morgan fingerprint density at radius 2 is 1.89 bits per heavy atom. The Morgan fingerprint density at radius 3 is 2.42 bits per heavy atom. The van der Waals surface area contributed by atoms with Crippen LogP contribution in [-0.2, 0) is 4.79 Å². The third kappa shape index (κ3) is 2.62. The average molecular weight is 269 g/mol. The maximum absolute atomic E-state index is 13.9. The molecule has 1 aliphatic rings. The molecule has 0 aromatic heterocycles. The smallest absolute Gasteiger partial charge is 0.222 e. The molecule has 2 atom stereocenters. The van der Waals surface area contributed by atoms with E-state index >= 15 is 0 Å². The van der Waals surface area contributed by atoms with Crippen molar-refractivity contribution in [1.82, 2.24) is 0 Å². The van der Waals surface area contributed by atoms with E-state index in [2.05, 4.69) is 0 Å². The van der Waals surface area contributed by atoms with Gasteiger partial charge in [-0.2, -0.15) is 0 Å². The number of carbonyl (C=O) groups is 1. The van der Waals surface area contributed by atoms with Crippen molar-refractivity contribution in [2.75, 3.05) is 17.2 Å². The highest BCUT2D eigenvalue weighted by Gasteiger charge is 2.31. The summed E-state index contributed by atoms with van der Waals surface area (Å²) in [5, 5.41) is 0. The zero-order valence-electron chi connectivity index (χ0n) is 10.7. The van der Waals surface area contributed by atoms with Gasteiger partial charge >= 0.3 is 0 Å². The van der Waals surface area contributed by atoms with E-state index in [1.54, 1.807) is 4.90 Å². The van der Waals surface area contributed by atoms with Crippen LogP contribution in [0.5, 0.6) is 0 Å². The number of nitrogens with two attached hydrogens (primary N) is 2. The van der Waals surface area contributed by atoms with Gasteiger partial charge in [-0.15, -0.1) is 0 Å². The molecule has 1 fully saturated rings. The lowest BCUT2D eigenvalue weighted by atomic mass is 9.92. The topological polar surface area (TPSA) is 72.4 Å². The monoisotopic (exact) mass is 269 g/mol. The fourth-order valence-electron chi connectivity index (χ4n) is 2.51. The number of amides is 1. The van der Waals surface area contributed by atoms with Gasteiger partial charge in [-0.25, -0.2) is 8.78 Å². The summed E-state index contributed by atoms with van der Waals surface area (Å²) >= 11 is 0. The molecule has 1 aromatic rings. The van der Waals surface area contributed by atoms with Crippen molar-refractivity contribution in [1.29, 1.82) is 0 Å². The predicted molar refractivity (Wildman–Crippen MR) is 69.5 cm³/mol. The largest absolute Gasteiger partial charge is 0.399 e. The lowest BCUT2D eigenvalue weighted by Crippen LogP contribution is -2.46. The summed E-state index contributed by atoms with van der Waals surface area (Å²) in [4.78, 5) is 12.8. The average Bonchev–Trinajstić information content (AvgIpc) is 2.29. The van der Waals surface area contributed by atoms with Crippen LogP contribution in [0.1, 0.15) is 19.8 Å². The molecule has 2 rings (SSSR count). The highest BCUT2D eigenvalue weighted by atomic mass is 19.1. The fourth-order valence-corrected chi connectivity index (χ4v) is 2.51. The van der Waals surface area contributed by atoms with Crippen LogP contribution in [0.3, 0.4) is 0 Å². The van der Waals surface area contributed by atoms with Crippen molar-refractivity contribution in [3.05, 3.63) is 23.8 Å². The second kappa shape index (κ2) is 5.03. The summed E-state index contributed by atoms with van der Waals surface area (Å²) in [6, 6.07) is 2.11. The van der Waals surface area contributed by atoms with Crippen LogP contribution in [-0.4, -0.2) is 18.5 Å². The van der Waals surface area contributed by atoms with E-state index < -0.39 is 17.5 Å². The van der Waals surface area contributed by atoms with Crippen molar-refractivity contribution in [3.8, 4) is 0 Å². The van der Waals surface area contributed by atoms with Crippen LogP contribution in [0.25, 0.3) is 0 Å². The fraction of sp³-hybridized carbons (Fsp3) is 0.462. The van der Waals surface area contributed by atoms with Crippen LogP contribution in [0.2, 0.25) is 0 Å². The van der Waals surface area contributed by atoms with Gasteiger partial charge < -0.3 is 16.4 Å². The van der Waals surface area contributed by atoms with E-state index in [-0.39, 0.29) is 29.9 Å². The second-order valence-electron chi connectivity index (χ2n) is 5.01. The number of primary amides is 1. The normalized spacial score (nSPS) is 23.4. The molecule has 0 radical (unpaired) electrons. The summed E-state index contributed by atoms with van der Waals surface area (Å²) in [5.74, 6) is -2.25. The summed E-state index contributed by atoms with van der Waals surface area (Å²) < 4.78 is 27.8. The number of rotatable bonds is 2. The van der Waals surface area contributed by atoms with E-state index in [9.17, 15) is 13.6 Å². The molecule has 1 aromatic carbocycles. The third-order valence-electron chi connectivity index (χ3n) is 3.61. The number of nitrogens with zero attached hydrogens (tertiary/aromatic N) is 1. The third-order valence-corrected chi connectivity index (χ3v) is 3.61. The van der Waals surface area contributed by atoms with Crippen LogP contribution >= 0.6 is 0 Å². The first-order valence-corrected chi connectivity index (χ1v) is 6.20. The van der Waals surface area contributed by atoms with Gasteiger partial charge in [-0.3, -0.25) is 4.79 Å². The minimum atomic E-state index is -0.713. The number of piperidine rings is 1. The Hall–Kier alpha value is -1.85. The van der Waals surface area contributed by atoms with Crippen LogP contribution < -0.4 is 16.4 Å². The first-order chi connectivity index (χ1) is 8.90. The number of hydrogen-bond acceptors (Lipinski definition) is 3. The number of benzene rings is 1. The van der Waals surface area contributed by atoms with Gasteiger partial charge in [-0.1, -0.05) is 0 Å².